The van der Waals surface area contributed by atoms with E-state index in [2.05, 4.69) is 5.32 Å². The molecule has 2 aromatic carbocycles. The van der Waals surface area contributed by atoms with Crippen LogP contribution in [0.25, 0.3) is 20.5 Å². The molecule has 0 saturated carbocycles. The highest BCUT2D eigenvalue weighted by molar-refractivity contribution is 7.22. The Labute approximate surface area is 149 Å². The summed E-state index contributed by atoms with van der Waals surface area (Å²) in [6.45, 7) is 0.480. The van der Waals surface area contributed by atoms with Crippen LogP contribution in [0.5, 0.6) is 5.75 Å². The van der Waals surface area contributed by atoms with Crippen LogP contribution in [0.2, 0.25) is 0 Å². The van der Waals surface area contributed by atoms with Crippen molar-refractivity contribution >= 4 is 33.6 Å². The van der Waals surface area contributed by atoms with Gasteiger partial charge in [0.2, 0.25) is 5.91 Å². The maximum absolute atomic E-state index is 11.6. The Morgan fingerprint density at radius 3 is 2.68 bits per heavy atom. The summed E-state index contributed by atoms with van der Waals surface area (Å²) >= 11 is 1.62. The summed E-state index contributed by atoms with van der Waals surface area (Å²) in [5.74, 6) is 0.855. The largest absolute Gasteiger partial charge is 0.491 e. The molecule has 5 heteroatoms. The van der Waals surface area contributed by atoms with Gasteiger partial charge in [-0.2, -0.15) is 0 Å². The van der Waals surface area contributed by atoms with Crippen molar-refractivity contribution in [1.82, 2.24) is 5.32 Å². The number of hydrogen-bond acceptors (Lipinski definition) is 4. The molecule has 4 nitrogen and oxygen atoms in total. The van der Waals surface area contributed by atoms with Crippen LogP contribution in [0.4, 0.5) is 0 Å². The van der Waals surface area contributed by atoms with Crippen LogP contribution in [0, 0.1) is 0 Å². The van der Waals surface area contributed by atoms with Crippen LogP contribution in [-0.4, -0.2) is 24.8 Å². The van der Waals surface area contributed by atoms with Gasteiger partial charge in [0, 0.05) is 26.9 Å². The van der Waals surface area contributed by atoms with Crippen LogP contribution in [0.1, 0.15) is 23.2 Å². The maximum atomic E-state index is 11.6. The first-order valence-corrected chi connectivity index (χ1v) is 9.05. The number of rotatable bonds is 5. The molecule has 0 aliphatic carbocycles. The van der Waals surface area contributed by atoms with Crippen LogP contribution in [-0.2, 0) is 4.79 Å². The molecule has 1 aromatic heterocycles. The monoisotopic (exact) mass is 351 g/mol. The normalized spacial score (nSPS) is 16.8. The van der Waals surface area contributed by atoms with Crippen LogP contribution in [0.3, 0.4) is 0 Å². The number of nitrogens with one attached hydrogen (secondary N) is 1. The molecule has 0 spiro atoms. The average molecular weight is 351 g/mol. The van der Waals surface area contributed by atoms with E-state index in [1.807, 2.05) is 48.5 Å². The quantitative estimate of drug-likeness (QED) is 0.706. The molecule has 1 amide bonds. The van der Waals surface area contributed by atoms with Gasteiger partial charge in [-0.3, -0.25) is 9.59 Å². The average Bonchev–Trinajstić information content (AvgIpc) is 3.23. The van der Waals surface area contributed by atoms with Crippen molar-refractivity contribution in [2.24, 2.45) is 0 Å². The van der Waals surface area contributed by atoms with Crippen LogP contribution < -0.4 is 10.1 Å². The number of fused-ring (bicyclic) bond motifs is 1. The van der Waals surface area contributed by atoms with Crippen LogP contribution in [0.15, 0.2) is 48.5 Å². The number of amides is 1. The molecule has 1 aliphatic heterocycles. The summed E-state index contributed by atoms with van der Waals surface area (Å²) < 4.78 is 6.87. The first kappa shape index (κ1) is 15.8. The van der Waals surface area contributed by atoms with Crippen molar-refractivity contribution < 1.29 is 14.3 Å². The molecule has 1 atom stereocenters. The van der Waals surface area contributed by atoms with E-state index in [9.17, 15) is 9.59 Å². The maximum Gasteiger partial charge on any atom is 0.220 e. The lowest BCUT2D eigenvalue weighted by molar-refractivity contribution is -0.119. The van der Waals surface area contributed by atoms with Crippen molar-refractivity contribution in [2.45, 2.75) is 18.9 Å². The molecule has 0 bridgehead atoms. The van der Waals surface area contributed by atoms with Gasteiger partial charge in [-0.25, -0.2) is 0 Å². The number of aldehydes is 1. The predicted octanol–water partition coefficient (Wildman–Crippen LogP) is 4.04. The number of carbonyl (C=O) groups is 2. The van der Waals surface area contributed by atoms with Gasteiger partial charge in [0.25, 0.3) is 0 Å². The van der Waals surface area contributed by atoms with E-state index in [-0.39, 0.29) is 11.9 Å². The molecule has 1 N–H and O–H groups in total. The van der Waals surface area contributed by atoms with E-state index in [1.54, 1.807) is 11.3 Å². The van der Waals surface area contributed by atoms with Crippen molar-refractivity contribution in [2.75, 3.05) is 6.61 Å². The zero-order chi connectivity index (χ0) is 17.2. The van der Waals surface area contributed by atoms with Crippen LogP contribution >= 0.6 is 11.3 Å². The summed E-state index contributed by atoms with van der Waals surface area (Å²) in [7, 11) is 0. The second-order valence-electron chi connectivity index (χ2n) is 6.10. The summed E-state index contributed by atoms with van der Waals surface area (Å²) in [6, 6.07) is 15.8. The summed E-state index contributed by atoms with van der Waals surface area (Å²) in [4.78, 5) is 23.8. The topological polar surface area (TPSA) is 55.4 Å². The fraction of sp³-hybridized carbons (Fsp3) is 0.200. The highest BCUT2D eigenvalue weighted by atomic mass is 32.1. The van der Waals surface area contributed by atoms with Crippen molar-refractivity contribution in [1.29, 1.82) is 0 Å². The van der Waals surface area contributed by atoms with Gasteiger partial charge >= 0.3 is 0 Å². The van der Waals surface area contributed by atoms with E-state index >= 15 is 0 Å². The fourth-order valence-corrected chi connectivity index (χ4v) is 4.27. The Bertz CT molecular complexity index is 930. The molecule has 1 aliphatic rings. The third kappa shape index (κ3) is 3.15. The highest BCUT2D eigenvalue weighted by Crippen LogP contribution is 2.38. The Kier molecular flexibility index (Phi) is 4.24. The molecule has 126 valence electrons. The van der Waals surface area contributed by atoms with E-state index in [0.717, 1.165) is 44.5 Å². The van der Waals surface area contributed by atoms with Crippen molar-refractivity contribution in [3.05, 3.63) is 54.1 Å². The Balaban J connectivity index is 1.54. The zero-order valence-corrected chi connectivity index (χ0v) is 14.3. The minimum Gasteiger partial charge on any atom is -0.491 e. The number of ether oxygens (including phenoxy) is 1. The smallest absolute Gasteiger partial charge is 0.220 e. The molecule has 2 heterocycles. The number of thiophene rings is 1. The van der Waals surface area contributed by atoms with E-state index in [4.69, 9.17) is 4.74 Å². The van der Waals surface area contributed by atoms with E-state index < -0.39 is 0 Å². The minimum atomic E-state index is 0.0927. The minimum absolute atomic E-state index is 0.0927. The molecule has 25 heavy (non-hydrogen) atoms. The second kappa shape index (κ2) is 6.69. The molecule has 3 aromatic rings. The number of carbonyl (C=O) groups excluding carboxylic acids is 2. The summed E-state index contributed by atoms with van der Waals surface area (Å²) in [5, 5.41) is 3.89. The third-order valence-electron chi connectivity index (χ3n) is 4.40. The third-order valence-corrected chi connectivity index (χ3v) is 5.64. The Hall–Kier alpha value is -2.66. The van der Waals surface area contributed by atoms with Gasteiger partial charge in [0.15, 0.2) is 6.29 Å². The van der Waals surface area contributed by atoms with E-state index in [0.29, 0.717) is 13.0 Å². The predicted molar refractivity (Wildman–Crippen MR) is 99.3 cm³/mol. The highest BCUT2D eigenvalue weighted by Gasteiger charge is 2.21. The lowest BCUT2D eigenvalue weighted by Crippen LogP contribution is -2.30. The van der Waals surface area contributed by atoms with Gasteiger partial charge in [0.05, 0.1) is 6.04 Å². The van der Waals surface area contributed by atoms with Gasteiger partial charge < -0.3 is 10.1 Å². The molecule has 1 fully saturated rings. The summed E-state index contributed by atoms with van der Waals surface area (Å²) in [5.41, 5.74) is 1.74. The molecule has 1 saturated heterocycles. The first-order chi connectivity index (χ1) is 12.2. The fourth-order valence-electron chi connectivity index (χ4n) is 3.10. The lowest BCUT2D eigenvalue weighted by atomic mass is 10.1. The second-order valence-corrected chi connectivity index (χ2v) is 7.15. The zero-order valence-electron chi connectivity index (χ0n) is 13.5. The Morgan fingerprint density at radius 2 is 1.96 bits per heavy atom. The van der Waals surface area contributed by atoms with Gasteiger partial charge in [0.1, 0.15) is 12.4 Å². The molecule has 4 rings (SSSR count). The molecule has 1 unspecified atom stereocenters. The van der Waals surface area contributed by atoms with E-state index in [1.165, 1.54) is 0 Å². The SMILES string of the molecule is O=Cc1c(-c2ccc(OCC3CCC(=O)N3)cc2)sc2ccccc12. The van der Waals surface area contributed by atoms with Gasteiger partial charge in [-0.05, 0) is 42.3 Å². The van der Waals surface area contributed by atoms with Crippen molar-refractivity contribution in [3.8, 4) is 16.2 Å². The van der Waals surface area contributed by atoms with Crippen molar-refractivity contribution in [3.63, 3.8) is 0 Å². The lowest BCUT2D eigenvalue weighted by Gasteiger charge is -2.12. The Morgan fingerprint density at radius 1 is 1.16 bits per heavy atom. The van der Waals surface area contributed by atoms with Gasteiger partial charge in [-0.15, -0.1) is 11.3 Å². The molecular formula is C20H17NO3S. The first-order valence-electron chi connectivity index (χ1n) is 8.24. The molecule has 0 radical (unpaired) electrons. The number of benzene rings is 2. The number of hydrogen-bond donors (Lipinski definition) is 1. The van der Waals surface area contributed by atoms with Gasteiger partial charge in [-0.1, -0.05) is 18.2 Å². The summed E-state index contributed by atoms with van der Waals surface area (Å²) in [6.07, 6.45) is 2.33. The standard InChI is InChI=1S/C20H17NO3S/c22-11-17-16-3-1-2-4-18(16)25-20(17)13-5-8-15(9-6-13)24-12-14-7-10-19(23)21-14/h1-6,8-9,11,14H,7,10,12H2,(H,21,23). The molecular weight excluding hydrogens is 334 g/mol.